The van der Waals surface area contributed by atoms with Crippen molar-refractivity contribution in [3.8, 4) is 0 Å². The summed E-state index contributed by atoms with van der Waals surface area (Å²) in [5.74, 6) is 3.28. The van der Waals surface area contributed by atoms with Gasteiger partial charge in [0.15, 0.2) is 0 Å². The van der Waals surface area contributed by atoms with Crippen molar-refractivity contribution in [3.63, 3.8) is 0 Å². The van der Waals surface area contributed by atoms with Gasteiger partial charge in [-0.1, -0.05) is 33.6 Å². The molecule has 4 bridgehead atoms. The Morgan fingerprint density at radius 2 is 1.80 bits per heavy atom. The quantitative estimate of drug-likeness (QED) is 0.553. The third-order valence-corrected chi connectivity index (χ3v) is 7.64. The molecule has 84 valence electrons. The molecular weight excluding hydrogens is 180 g/mol. The van der Waals surface area contributed by atoms with Crippen molar-refractivity contribution in [2.45, 2.75) is 59.3 Å². The van der Waals surface area contributed by atoms with Gasteiger partial charge < -0.3 is 0 Å². The van der Waals surface area contributed by atoms with Crippen LogP contribution in [0.3, 0.4) is 0 Å². The monoisotopic (exact) mass is 204 g/mol. The van der Waals surface area contributed by atoms with Gasteiger partial charge in [0.2, 0.25) is 0 Å². The van der Waals surface area contributed by atoms with E-state index < -0.39 is 0 Å². The molecule has 5 fully saturated rings. The highest BCUT2D eigenvalue weighted by molar-refractivity contribution is 5.27. The Morgan fingerprint density at radius 1 is 1.07 bits per heavy atom. The Hall–Kier alpha value is 0. The Morgan fingerprint density at radius 3 is 2.47 bits per heavy atom. The molecule has 0 heterocycles. The van der Waals surface area contributed by atoms with Crippen LogP contribution in [-0.2, 0) is 0 Å². The molecule has 1 spiro atoms. The molecule has 0 aliphatic heterocycles. The van der Waals surface area contributed by atoms with Crippen LogP contribution >= 0.6 is 0 Å². The van der Waals surface area contributed by atoms with E-state index >= 15 is 0 Å². The first-order chi connectivity index (χ1) is 7.02. The van der Waals surface area contributed by atoms with Crippen LogP contribution in [0.25, 0.3) is 0 Å². The largest absolute Gasteiger partial charge is 0.0620 e. The zero-order valence-corrected chi connectivity index (χ0v) is 10.5. The van der Waals surface area contributed by atoms with Crippen molar-refractivity contribution in [2.24, 2.45) is 34.0 Å². The average Bonchev–Trinajstić information content (AvgIpc) is 2.60. The molecule has 0 unspecified atom stereocenters. The second-order valence-electron chi connectivity index (χ2n) is 7.79. The summed E-state index contributed by atoms with van der Waals surface area (Å²) < 4.78 is 0. The summed E-state index contributed by atoms with van der Waals surface area (Å²) in [6, 6.07) is 0. The normalized spacial score (nSPS) is 70.2. The highest BCUT2D eigenvalue weighted by atomic mass is 14.8. The van der Waals surface area contributed by atoms with Crippen LogP contribution in [0.1, 0.15) is 59.3 Å². The van der Waals surface area contributed by atoms with Crippen LogP contribution in [0.5, 0.6) is 0 Å². The maximum Gasteiger partial charge on any atom is -0.0233 e. The summed E-state index contributed by atoms with van der Waals surface area (Å²) in [5, 5.41) is 0. The van der Waals surface area contributed by atoms with Crippen molar-refractivity contribution in [1.82, 2.24) is 0 Å². The first kappa shape index (κ1) is 9.07. The van der Waals surface area contributed by atoms with Crippen LogP contribution in [0.4, 0.5) is 0 Å². The van der Waals surface area contributed by atoms with Crippen LogP contribution in [-0.4, -0.2) is 0 Å². The lowest BCUT2D eigenvalue weighted by Gasteiger charge is -2.60. The number of hydrogen-bond acceptors (Lipinski definition) is 0. The Balaban J connectivity index is 1.81. The Labute approximate surface area is 93.8 Å². The predicted octanol–water partition coefficient (Wildman–Crippen LogP) is 4.25. The van der Waals surface area contributed by atoms with Gasteiger partial charge in [-0.25, -0.2) is 0 Å². The van der Waals surface area contributed by atoms with Crippen molar-refractivity contribution >= 4 is 0 Å². The Bertz CT molecular complexity index is 333. The molecule has 0 nitrogen and oxygen atoms in total. The van der Waals surface area contributed by atoms with Crippen molar-refractivity contribution in [1.29, 1.82) is 0 Å². The molecule has 0 heteroatoms. The first-order valence-corrected chi connectivity index (χ1v) is 7.02. The molecule has 5 aliphatic rings. The van der Waals surface area contributed by atoms with Crippen molar-refractivity contribution < 1.29 is 0 Å². The van der Waals surface area contributed by atoms with Crippen LogP contribution in [0.15, 0.2) is 0 Å². The van der Waals surface area contributed by atoms with Gasteiger partial charge in [-0.3, -0.25) is 0 Å². The van der Waals surface area contributed by atoms with Gasteiger partial charge in [0.05, 0.1) is 0 Å². The van der Waals surface area contributed by atoms with Gasteiger partial charge in [-0.05, 0) is 59.7 Å². The molecule has 0 saturated heterocycles. The molecule has 5 saturated carbocycles. The van der Waals surface area contributed by atoms with E-state index in [9.17, 15) is 0 Å². The lowest BCUT2D eigenvalue weighted by atomic mass is 9.45. The zero-order chi connectivity index (χ0) is 10.5. The van der Waals surface area contributed by atoms with E-state index in [1.54, 1.807) is 25.7 Å². The topological polar surface area (TPSA) is 0 Å². The van der Waals surface area contributed by atoms with Gasteiger partial charge in [0.25, 0.3) is 0 Å². The number of hydrogen-bond donors (Lipinski definition) is 0. The van der Waals surface area contributed by atoms with Gasteiger partial charge >= 0.3 is 0 Å². The minimum atomic E-state index is 0.725. The molecule has 5 rings (SSSR count). The van der Waals surface area contributed by atoms with Gasteiger partial charge in [0.1, 0.15) is 0 Å². The maximum atomic E-state index is 2.64. The highest BCUT2D eigenvalue weighted by Crippen LogP contribution is 2.86. The fourth-order valence-electron chi connectivity index (χ4n) is 6.37. The summed E-state index contributed by atoms with van der Waals surface area (Å²) >= 11 is 0. The lowest BCUT2D eigenvalue weighted by Crippen LogP contribution is -2.51. The summed E-state index contributed by atoms with van der Waals surface area (Å²) in [6.45, 7) is 7.78. The zero-order valence-electron chi connectivity index (χ0n) is 10.5. The summed E-state index contributed by atoms with van der Waals surface area (Å²) in [7, 11) is 0. The standard InChI is InChI=1S/C15H24/c1-10-5-4-6-15-8-12-11(7-14(10,15)3)13(12,2)9-15/h10-12H,4-9H2,1-3H3/t10-,11+,12-,13+,14+,15-/m1/s1. The fraction of sp³-hybridized carbons (Fsp3) is 1.00. The van der Waals surface area contributed by atoms with E-state index in [-0.39, 0.29) is 0 Å². The van der Waals surface area contributed by atoms with E-state index in [0.29, 0.717) is 0 Å². The van der Waals surface area contributed by atoms with Crippen LogP contribution in [0.2, 0.25) is 0 Å². The predicted molar refractivity (Wildman–Crippen MR) is 62.5 cm³/mol. The van der Waals surface area contributed by atoms with Crippen LogP contribution in [0, 0.1) is 34.0 Å². The summed E-state index contributed by atoms with van der Waals surface area (Å²) in [6.07, 6.45) is 9.36. The SMILES string of the molecule is C[C@@H]1CCC[C@]23C[C@@H]4[C@H](C[C@@]12C)[C@]4(C)C3. The summed E-state index contributed by atoms with van der Waals surface area (Å²) in [4.78, 5) is 0. The molecule has 0 aromatic rings. The summed E-state index contributed by atoms with van der Waals surface area (Å²) in [5.41, 5.74) is 2.33. The molecular formula is C15H24. The highest BCUT2D eigenvalue weighted by Gasteiger charge is 2.78. The minimum Gasteiger partial charge on any atom is -0.0620 e. The van der Waals surface area contributed by atoms with Gasteiger partial charge in [-0.15, -0.1) is 0 Å². The fourth-order valence-corrected chi connectivity index (χ4v) is 6.37. The van der Waals surface area contributed by atoms with E-state index in [1.165, 1.54) is 12.8 Å². The molecule has 0 aromatic heterocycles. The van der Waals surface area contributed by atoms with E-state index in [0.717, 1.165) is 34.0 Å². The molecule has 0 N–H and O–H groups in total. The minimum absolute atomic E-state index is 0.725. The van der Waals surface area contributed by atoms with Crippen molar-refractivity contribution in [2.75, 3.05) is 0 Å². The smallest absolute Gasteiger partial charge is 0.0233 e. The van der Waals surface area contributed by atoms with Gasteiger partial charge in [-0.2, -0.15) is 0 Å². The molecule has 0 aromatic carbocycles. The molecule has 0 amide bonds. The Kier molecular flexibility index (Phi) is 1.31. The third kappa shape index (κ3) is 0.746. The van der Waals surface area contributed by atoms with E-state index in [4.69, 9.17) is 0 Å². The van der Waals surface area contributed by atoms with Gasteiger partial charge in [0, 0.05) is 0 Å². The molecule has 5 aliphatic carbocycles. The molecule has 6 atom stereocenters. The van der Waals surface area contributed by atoms with Crippen LogP contribution < -0.4 is 0 Å². The second kappa shape index (κ2) is 2.17. The second-order valence-corrected chi connectivity index (χ2v) is 7.79. The first-order valence-electron chi connectivity index (χ1n) is 7.02. The maximum absolute atomic E-state index is 2.64. The van der Waals surface area contributed by atoms with E-state index in [1.807, 2.05) is 0 Å². The molecule has 15 heavy (non-hydrogen) atoms. The third-order valence-electron chi connectivity index (χ3n) is 7.64. The van der Waals surface area contributed by atoms with E-state index in [2.05, 4.69) is 20.8 Å². The molecule has 0 radical (unpaired) electrons. The average molecular weight is 204 g/mol. The lowest BCUT2D eigenvalue weighted by molar-refractivity contribution is -0.102. The van der Waals surface area contributed by atoms with Crippen molar-refractivity contribution in [3.05, 3.63) is 0 Å². The number of rotatable bonds is 0.